The Morgan fingerprint density at radius 3 is 2.27 bits per heavy atom. The largest absolute Gasteiger partial charge is 0.490 e. The number of morpholine rings is 1. The minimum absolute atomic E-state index is 0.00280. The van der Waals surface area contributed by atoms with Crippen molar-refractivity contribution in [2.45, 2.75) is 36.9 Å². The third-order valence-corrected chi connectivity index (χ3v) is 12.1. The van der Waals surface area contributed by atoms with Gasteiger partial charge in [-0.25, -0.2) is 18.7 Å². The zero-order chi connectivity index (χ0) is 40.5. The van der Waals surface area contributed by atoms with Crippen molar-refractivity contribution in [3.63, 3.8) is 0 Å². The standard InChI is InChI=1S/C24H38N11O17P3/c1-3-34(18-14(27-2)20(39)31-23(25)29-18)13-7-33(4-5-36)6-11(49-13)8-47-53(41,42)51-55(45,46)52-54(43,44)48-9-12-16(37)17(38)22(50-12)35-10-28-15-19(35)30-24(26)32-21(15)40/h3,10-13,16-17,22,27,36-38H,1,4-9H2,2H3,(H,41,42)(H,43,44)(H,45,46)(H3,25,29,31,39)(H3,26,30,32,40). The number of phosphoric acid groups is 3. The van der Waals surface area contributed by atoms with Crippen LogP contribution in [0, 0.1) is 0 Å². The molecule has 2 aliphatic rings. The lowest BCUT2D eigenvalue weighted by Crippen LogP contribution is -2.55. The van der Waals surface area contributed by atoms with E-state index in [0.717, 1.165) is 10.9 Å². The van der Waals surface area contributed by atoms with Crippen molar-refractivity contribution in [2.24, 2.45) is 0 Å². The second-order valence-electron chi connectivity index (χ2n) is 11.7. The van der Waals surface area contributed by atoms with Gasteiger partial charge in [-0.15, -0.1) is 0 Å². The first-order valence-electron chi connectivity index (χ1n) is 15.7. The predicted octanol–water partition coefficient (Wildman–Crippen LogP) is -2.93. The van der Waals surface area contributed by atoms with Crippen LogP contribution in [0.1, 0.15) is 6.23 Å². The minimum Gasteiger partial charge on any atom is -0.395 e. The molecule has 0 aromatic carbocycles. The lowest BCUT2D eigenvalue weighted by molar-refractivity contribution is -0.101. The summed E-state index contributed by atoms with van der Waals surface area (Å²) in [6.07, 6.45) is -6.47. The van der Waals surface area contributed by atoms with E-state index in [9.17, 15) is 53.3 Å². The minimum atomic E-state index is -5.96. The third kappa shape index (κ3) is 10.0. The molecule has 0 radical (unpaired) electrons. The highest BCUT2D eigenvalue weighted by molar-refractivity contribution is 7.66. The van der Waals surface area contributed by atoms with Gasteiger partial charge in [0.25, 0.3) is 11.1 Å². The molecule has 5 heterocycles. The normalized spacial score (nSPS) is 26.6. The number of anilines is 4. The number of nitrogen functional groups attached to an aromatic ring is 2. The van der Waals surface area contributed by atoms with Gasteiger partial charge in [-0.3, -0.25) is 38.1 Å². The fourth-order valence-electron chi connectivity index (χ4n) is 5.59. The van der Waals surface area contributed by atoms with Crippen LogP contribution in [0.4, 0.5) is 23.4 Å². The Kier molecular flexibility index (Phi) is 13.0. The molecule has 13 N–H and O–H groups in total. The Labute approximate surface area is 308 Å². The molecule has 0 aliphatic carbocycles. The summed E-state index contributed by atoms with van der Waals surface area (Å²) in [4.78, 5) is 74.4. The van der Waals surface area contributed by atoms with Crippen LogP contribution in [0.3, 0.4) is 0 Å². The van der Waals surface area contributed by atoms with Crippen molar-refractivity contribution in [3.05, 3.63) is 39.8 Å². The number of nitrogens with one attached hydrogen (secondary N) is 3. The number of hydrogen-bond acceptors (Lipinski definition) is 22. The van der Waals surface area contributed by atoms with E-state index >= 15 is 0 Å². The number of aromatic nitrogens is 6. The summed E-state index contributed by atoms with van der Waals surface area (Å²) in [5.41, 5.74) is 9.61. The maximum Gasteiger partial charge on any atom is 0.490 e. The van der Waals surface area contributed by atoms with Gasteiger partial charge in [0.15, 0.2) is 23.2 Å². The summed E-state index contributed by atoms with van der Waals surface area (Å²) in [6, 6.07) is 0. The van der Waals surface area contributed by atoms with E-state index < -0.39 is 84.7 Å². The number of H-pyrrole nitrogens is 2. The summed E-state index contributed by atoms with van der Waals surface area (Å²) in [5.74, 6) is -0.539. The van der Waals surface area contributed by atoms with Gasteiger partial charge in [0, 0.05) is 32.9 Å². The second-order valence-corrected chi connectivity index (χ2v) is 16.3. The maximum absolute atomic E-state index is 12.7. The Hall–Kier alpha value is -3.66. The number of fused-ring (bicyclic) bond motifs is 1. The summed E-state index contributed by atoms with van der Waals surface area (Å²) >= 11 is 0. The van der Waals surface area contributed by atoms with Crippen LogP contribution in [-0.4, -0.2) is 142 Å². The van der Waals surface area contributed by atoms with Crippen LogP contribution in [0.5, 0.6) is 0 Å². The molecule has 28 nitrogen and oxygen atoms in total. The monoisotopic (exact) mass is 845 g/mol. The zero-order valence-corrected chi connectivity index (χ0v) is 31.1. The Balaban J connectivity index is 1.19. The molecular formula is C24H38N11O17P3. The van der Waals surface area contributed by atoms with Crippen molar-refractivity contribution in [3.8, 4) is 0 Å². The first-order chi connectivity index (χ1) is 25.8. The smallest absolute Gasteiger partial charge is 0.395 e. The first kappa shape index (κ1) is 42.5. The van der Waals surface area contributed by atoms with Crippen molar-refractivity contribution >= 4 is 58.0 Å². The number of β-amino-alcohol motifs (C(OH)–C–C–N with tert-alkyl or cyclic N) is 1. The quantitative estimate of drug-likeness (QED) is 0.0606. The Morgan fingerprint density at radius 1 is 1.00 bits per heavy atom. The Morgan fingerprint density at radius 2 is 1.64 bits per heavy atom. The molecule has 2 aliphatic heterocycles. The van der Waals surface area contributed by atoms with Gasteiger partial charge in [-0.2, -0.15) is 18.6 Å². The van der Waals surface area contributed by atoms with E-state index in [-0.39, 0.29) is 60.8 Å². The molecule has 9 unspecified atom stereocenters. The number of rotatable bonds is 17. The van der Waals surface area contributed by atoms with Crippen molar-refractivity contribution in [1.29, 1.82) is 0 Å². The highest BCUT2D eigenvalue weighted by atomic mass is 31.3. The highest BCUT2D eigenvalue weighted by Gasteiger charge is 2.47. The van der Waals surface area contributed by atoms with Gasteiger partial charge in [-0.1, -0.05) is 6.58 Å². The summed E-state index contributed by atoms with van der Waals surface area (Å²) in [5, 5.41) is 33.3. The lowest BCUT2D eigenvalue weighted by Gasteiger charge is -2.42. The van der Waals surface area contributed by atoms with Crippen molar-refractivity contribution in [2.75, 3.05) is 68.2 Å². The average Bonchev–Trinajstić information content (AvgIpc) is 3.62. The number of hydrogen-bond donors (Lipinski definition) is 11. The maximum atomic E-state index is 12.7. The molecule has 0 amide bonds. The molecule has 5 rings (SSSR count). The number of nitrogens with two attached hydrogens (primary N) is 2. The predicted molar refractivity (Wildman–Crippen MR) is 186 cm³/mol. The number of aliphatic hydroxyl groups is 3. The summed E-state index contributed by atoms with van der Waals surface area (Å²) < 4.78 is 68.1. The molecule has 31 heteroatoms. The number of phosphoric ester groups is 2. The highest BCUT2D eigenvalue weighted by Crippen LogP contribution is 2.67. The molecule has 55 heavy (non-hydrogen) atoms. The van der Waals surface area contributed by atoms with Crippen LogP contribution in [0.2, 0.25) is 0 Å². The fraction of sp³-hybridized carbons (Fsp3) is 0.542. The van der Waals surface area contributed by atoms with Crippen LogP contribution in [0.15, 0.2) is 28.7 Å². The molecule has 306 valence electrons. The molecular weight excluding hydrogens is 807 g/mol. The van der Waals surface area contributed by atoms with Crippen LogP contribution >= 0.6 is 23.5 Å². The number of ether oxygens (including phenoxy) is 2. The number of imidazole rings is 1. The van der Waals surface area contributed by atoms with Crippen LogP contribution < -0.4 is 32.8 Å². The van der Waals surface area contributed by atoms with Crippen LogP contribution in [-0.2, 0) is 40.8 Å². The second kappa shape index (κ2) is 16.8. The van der Waals surface area contributed by atoms with E-state index in [1.165, 1.54) is 18.1 Å². The third-order valence-electron chi connectivity index (χ3n) is 7.86. The summed E-state index contributed by atoms with van der Waals surface area (Å²) in [6.45, 7) is 1.66. The van der Waals surface area contributed by atoms with E-state index in [4.69, 9.17) is 25.5 Å². The van der Waals surface area contributed by atoms with Gasteiger partial charge in [0.1, 0.15) is 30.2 Å². The SMILES string of the molecule is C=CN(c1nc(N)[nH]c(=O)c1NC)C1CN(CCO)CC(COP(=O)(O)OP(=O)(O)OP(=O)(O)OCC2OC(n3cnc4c(=O)[nH]c(N)nc43)C(O)C2O)O1. The van der Waals surface area contributed by atoms with E-state index in [1.807, 2.05) is 0 Å². The van der Waals surface area contributed by atoms with Gasteiger partial charge < -0.3 is 61.2 Å². The molecule has 9 atom stereocenters. The molecule has 2 fully saturated rings. The topological polar surface area (TPSA) is 408 Å². The van der Waals surface area contributed by atoms with Gasteiger partial charge in [0.05, 0.1) is 32.3 Å². The number of nitrogens with zero attached hydrogens (tertiary/aromatic N) is 6. The first-order valence-corrected chi connectivity index (χ1v) is 20.2. The van der Waals surface area contributed by atoms with Crippen molar-refractivity contribution < 1.29 is 70.8 Å². The molecule has 0 bridgehead atoms. The molecule has 3 aromatic heterocycles. The van der Waals surface area contributed by atoms with Gasteiger partial charge in [-0.05, 0) is 0 Å². The molecule has 2 saturated heterocycles. The summed E-state index contributed by atoms with van der Waals surface area (Å²) in [7, 11) is -15.8. The fourth-order valence-corrected chi connectivity index (χ4v) is 9.13. The van der Waals surface area contributed by atoms with E-state index in [1.54, 1.807) is 4.90 Å². The molecule has 0 spiro atoms. The van der Waals surface area contributed by atoms with E-state index in [0.29, 0.717) is 0 Å². The van der Waals surface area contributed by atoms with Crippen LogP contribution in [0.25, 0.3) is 11.2 Å². The zero-order valence-electron chi connectivity index (χ0n) is 28.4. The van der Waals surface area contributed by atoms with Gasteiger partial charge >= 0.3 is 23.5 Å². The van der Waals surface area contributed by atoms with E-state index in [2.05, 4.69) is 50.0 Å². The molecule has 3 aromatic rings. The molecule has 0 saturated carbocycles. The lowest BCUT2D eigenvalue weighted by atomic mass is 10.1. The number of aromatic amines is 2. The number of aliphatic hydroxyl groups excluding tert-OH is 3. The van der Waals surface area contributed by atoms with Crippen molar-refractivity contribution in [1.82, 2.24) is 34.4 Å². The van der Waals surface area contributed by atoms with Gasteiger partial charge in [0.2, 0.25) is 11.9 Å². The average molecular weight is 846 g/mol. The Bertz CT molecular complexity index is 2140.